The van der Waals surface area contributed by atoms with Crippen molar-refractivity contribution in [2.75, 3.05) is 25.6 Å². The molecule has 0 fully saturated rings. The highest BCUT2D eigenvalue weighted by Crippen LogP contribution is 2.24. The molecule has 1 aliphatic heterocycles. The van der Waals surface area contributed by atoms with Crippen molar-refractivity contribution in [3.63, 3.8) is 0 Å². The van der Waals surface area contributed by atoms with Gasteiger partial charge >= 0.3 is 5.97 Å². The number of carbonyl (C=O) groups is 4. The van der Waals surface area contributed by atoms with Gasteiger partial charge in [-0.1, -0.05) is 18.2 Å². The lowest BCUT2D eigenvalue weighted by atomic mass is 10.1. The third-order valence-corrected chi connectivity index (χ3v) is 5.10. The summed E-state index contributed by atoms with van der Waals surface area (Å²) in [5.74, 6) is -1.81. The number of amides is 3. The number of esters is 1. The van der Waals surface area contributed by atoms with E-state index in [-0.39, 0.29) is 35.7 Å². The van der Waals surface area contributed by atoms with E-state index in [1.165, 1.54) is 37.4 Å². The molecule has 1 aromatic heterocycles. The van der Waals surface area contributed by atoms with Crippen molar-refractivity contribution in [3.8, 4) is 5.75 Å². The molecule has 178 valence electrons. The van der Waals surface area contributed by atoms with Crippen molar-refractivity contribution in [2.45, 2.75) is 6.54 Å². The second kappa shape index (κ2) is 10.00. The van der Waals surface area contributed by atoms with Crippen LogP contribution in [0.15, 0.2) is 65.5 Å². The number of benzene rings is 2. The molecule has 2 heterocycles. The zero-order chi connectivity index (χ0) is 24.9. The highest BCUT2D eigenvalue weighted by atomic mass is 16.5. The first-order chi connectivity index (χ1) is 16.8. The number of nitrogens with one attached hydrogen (secondary N) is 1. The topological polar surface area (TPSA) is 137 Å². The van der Waals surface area contributed by atoms with Crippen LogP contribution in [0, 0.1) is 0 Å². The number of imide groups is 1. The third-order valence-electron chi connectivity index (χ3n) is 5.10. The molecule has 1 aliphatic rings. The summed E-state index contributed by atoms with van der Waals surface area (Å²) in [5.41, 5.74) is 0.117. The van der Waals surface area contributed by atoms with Crippen LogP contribution in [0.25, 0.3) is 0 Å². The second-order valence-electron chi connectivity index (χ2n) is 7.50. The molecular formula is C24H20N4O7. The Morgan fingerprint density at radius 1 is 0.943 bits per heavy atom. The number of carbonyl (C=O) groups excluding carboxylic acids is 4. The van der Waals surface area contributed by atoms with E-state index in [1.54, 1.807) is 12.1 Å². The van der Waals surface area contributed by atoms with Crippen LogP contribution in [-0.4, -0.2) is 58.6 Å². The minimum atomic E-state index is -0.894. The molecule has 0 atom stereocenters. The van der Waals surface area contributed by atoms with Gasteiger partial charge in [0.15, 0.2) is 12.3 Å². The predicted molar refractivity (Wildman–Crippen MR) is 122 cm³/mol. The molecule has 35 heavy (non-hydrogen) atoms. The van der Waals surface area contributed by atoms with E-state index in [0.29, 0.717) is 5.75 Å². The molecule has 0 spiro atoms. The average Bonchev–Trinajstić information content (AvgIpc) is 3.08. The van der Waals surface area contributed by atoms with E-state index in [1.807, 2.05) is 18.2 Å². The van der Waals surface area contributed by atoms with E-state index in [0.717, 1.165) is 9.58 Å². The van der Waals surface area contributed by atoms with Crippen molar-refractivity contribution in [1.82, 2.24) is 14.7 Å². The van der Waals surface area contributed by atoms with Crippen LogP contribution in [0.2, 0.25) is 0 Å². The van der Waals surface area contributed by atoms with Crippen molar-refractivity contribution >= 4 is 29.4 Å². The van der Waals surface area contributed by atoms with Crippen LogP contribution >= 0.6 is 0 Å². The number of hydrogen-bond acceptors (Lipinski definition) is 8. The van der Waals surface area contributed by atoms with E-state index < -0.39 is 35.9 Å². The summed E-state index contributed by atoms with van der Waals surface area (Å²) in [4.78, 5) is 61.6. The van der Waals surface area contributed by atoms with E-state index in [9.17, 15) is 24.0 Å². The summed E-state index contributed by atoms with van der Waals surface area (Å²) in [7, 11) is 1.37. The molecule has 0 saturated carbocycles. The molecule has 2 aromatic carbocycles. The van der Waals surface area contributed by atoms with Crippen molar-refractivity contribution in [1.29, 1.82) is 0 Å². The Morgan fingerprint density at radius 3 is 2.46 bits per heavy atom. The van der Waals surface area contributed by atoms with Gasteiger partial charge in [0.1, 0.15) is 12.4 Å². The third kappa shape index (κ3) is 5.24. The quantitative estimate of drug-likeness (QED) is 0.380. The Balaban J connectivity index is 1.32. The largest absolute Gasteiger partial charge is 0.492 e. The fraction of sp³-hybridized carbons (Fsp3) is 0.167. The molecule has 0 radical (unpaired) electrons. The molecule has 4 rings (SSSR count). The molecule has 0 saturated heterocycles. The number of rotatable bonds is 8. The van der Waals surface area contributed by atoms with E-state index in [4.69, 9.17) is 9.47 Å². The molecule has 0 unspecified atom stereocenters. The summed E-state index contributed by atoms with van der Waals surface area (Å²) in [6, 6.07) is 15.7. The molecule has 1 N–H and O–H groups in total. The number of ether oxygens (including phenoxy) is 2. The molecular weight excluding hydrogens is 456 g/mol. The van der Waals surface area contributed by atoms with Gasteiger partial charge in [-0.3, -0.25) is 24.1 Å². The van der Waals surface area contributed by atoms with Crippen LogP contribution in [0.1, 0.15) is 31.2 Å². The van der Waals surface area contributed by atoms with Crippen LogP contribution in [-0.2, 0) is 16.1 Å². The van der Waals surface area contributed by atoms with Crippen LogP contribution in [0.3, 0.4) is 0 Å². The number of fused-ring (bicyclic) bond motifs is 1. The summed E-state index contributed by atoms with van der Waals surface area (Å²) in [6.07, 6.45) is 0. The first-order valence-corrected chi connectivity index (χ1v) is 10.5. The normalized spacial score (nSPS) is 12.3. The van der Waals surface area contributed by atoms with Gasteiger partial charge in [0.05, 0.1) is 17.7 Å². The number of para-hydroxylation sites is 1. The first kappa shape index (κ1) is 23.4. The maximum atomic E-state index is 12.3. The number of aromatic nitrogens is 2. The van der Waals surface area contributed by atoms with Crippen molar-refractivity contribution in [2.24, 2.45) is 0 Å². The number of anilines is 1. The lowest BCUT2D eigenvalue weighted by molar-refractivity contribution is -0.119. The molecule has 0 aliphatic carbocycles. The van der Waals surface area contributed by atoms with Gasteiger partial charge in [0.25, 0.3) is 23.3 Å². The summed E-state index contributed by atoms with van der Waals surface area (Å²) in [6.45, 7) is -0.368. The van der Waals surface area contributed by atoms with Crippen molar-refractivity contribution in [3.05, 3.63) is 87.8 Å². The fourth-order valence-corrected chi connectivity index (χ4v) is 3.33. The highest BCUT2D eigenvalue weighted by Gasteiger charge is 2.32. The maximum absolute atomic E-state index is 12.3. The molecule has 0 bridgehead atoms. The zero-order valence-corrected chi connectivity index (χ0v) is 18.6. The Hall–Kier alpha value is -4.80. The molecule has 3 amide bonds. The summed E-state index contributed by atoms with van der Waals surface area (Å²) >= 11 is 0. The van der Waals surface area contributed by atoms with Gasteiger partial charge in [-0.15, -0.1) is 0 Å². The van der Waals surface area contributed by atoms with Crippen molar-refractivity contribution < 1.29 is 28.7 Å². The maximum Gasteiger partial charge on any atom is 0.359 e. The Kier molecular flexibility index (Phi) is 6.67. The fourth-order valence-electron chi connectivity index (χ4n) is 3.33. The summed E-state index contributed by atoms with van der Waals surface area (Å²) in [5, 5.41) is 6.47. The van der Waals surface area contributed by atoms with E-state index >= 15 is 0 Å². The standard InChI is InChI=1S/C24H20N4O7/c1-27-22(31)17-8-7-15(13-18(17)23(27)32)25-20(29)14-35-24(33)19-9-10-21(30)28(26-19)11-12-34-16-5-3-2-4-6-16/h2-10,13H,11-12,14H2,1H3,(H,25,29). The minimum absolute atomic E-state index is 0.101. The Morgan fingerprint density at radius 2 is 1.69 bits per heavy atom. The predicted octanol–water partition coefficient (Wildman–Crippen LogP) is 1.34. The van der Waals surface area contributed by atoms with Gasteiger partial charge in [-0.05, 0) is 36.4 Å². The lowest BCUT2D eigenvalue weighted by Crippen LogP contribution is -2.28. The lowest BCUT2D eigenvalue weighted by Gasteiger charge is -2.09. The molecule has 3 aromatic rings. The molecule has 11 heteroatoms. The Bertz CT molecular complexity index is 1370. The highest BCUT2D eigenvalue weighted by molar-refractivity contribution is 6.21. The van der Waals surface area contributed by atoms with Gasteiger partial charge in [-0.25, -0.2) is 9.48 Å². The van der Waals surface area contributed by atoms with Gasteiger partial charge in [0.2, 0.25) is 0 Å². The molecule has 11 nitrogen and oxygen atoms in total. The van der Waals surface area contributed by atoms with Gasteiger partial charge < -0.3 is 14.8 Å². The average molecular weight is 476 g/mol. The monoisotopic (exact) mass is 476 g/mol. The number of hydrogen-bond donors (Lipinski definition) is 1. The van der Waals surface area contributed by atoms with E-state index in [2.05, 4.69) is 10.4 Å². The van der Waals surface area contributed by atoms with Crippen LogP contribution in [0.4, 0.5) is 5.69 Å². The first-order valence-electron chi connectivity index (χ1n) is 10.5. The van der Waals surface area contributed by atoms with Crippen LogP contribution in [0.5, 0.6) is 5.75 Å². The van der Waals surface area contributed by atoms with Gasteiger partial charge in [0, 0.05) is 18.8 Å². The van der Waals surface area contributed by atoms with Gasteiger partial charge in [-0.2, -0.15) is 5.10 Å². The summed E-state index contributed by atoms with van der Waals surface area (Å²) < 4.78 is 11.6. The van der Waals surface area contributed by atoms with Crippen LogP contribution < -0.4 is 15.6 Å². The zero-order valence-electron chi connectivity index (χ0n) is 18.6. The second-order valence-corrected chi connectivity index (χ2v) is 7.50. The smallest absolute Gasteiger partial charge is 0.359 e. The minimum Gasteiger partial charge on any atom is -0.492 e. The SMILES string of the molecule is CN1C(=O)c2ccc(NC(=O)COC(=O)c3ccc(=O)n(CCOc4ccccc4)n3)cc2C1=O. The Labute approximate surface area is 198 Å². The number of nitrogens with zero attached hydrogens (tertiary/aromatic N) is 3.